The molecule has 2 nitrogen and oxygen atoms in total. The highest BCUT2D eigenvalue weighted by Crippen LogP contribution is 2.07. The van der Waals surface area contributed by atoms with Crippen molar-refractivity contribution < 1.29 is 4.79 Å². The first-order valence-electron chi connectivity index (χ1n) is 3.42. The molecule has 0 bridgehead atoms. The Kier molecular flexibility index (Phi) is 2.35. The monoisotopic (exact) mass is 171 g/mol. The van der Waals surface area contributed by atoms with Gasteiger partial charge in [0.25, 0.3) is 0 Å². The average molecular weight is 172 g/mol. The minimum absolute atomic E-state index is 0.0285. The largest absolute Gasteiger partial charge is 0.348 e. The van der Waals surface area contributed by atoms with Gasteiger partial charge in [-0.15, -0.1) is 11.6 Å². The van der Waals surface area contributed by atoms with Gasteiger partial charge < -0.3 is 4.57 Å². The van der Waals surface area contributed by atoms with Crippen LogP contribution in [0.4, 0.5) is 0 Å². The van der Waals surface area contributed by atoms with Gasteiger partial charge in [-0.3, -0.25) is 4.79 Å². The Hall–Kier alpha value is -0.760. The molecule has 0 aliphatic rings. The summed E-state index contributed by atoms with van der Waals surface area (Å²) in [6.45, 7) is 1.68. The van der Waals surface area contributed by atoms with E-state index >= 15 is 0 Å². The lowest BCUT2D eigenvalue weighted by atomic mass is 10.2. The van der Waals surface area contributed by atoms with Crippen LogP contribution < -0.4 is 0 Å². The summed E-state index contributed by atoms with van der Waals surface area (Å²) in [4.78, 5) is 11.3. The fraction of sp³-hybridized carbons (Fsp3) is 0.375. The van der Waals surface area contributed by atoms with E-state index in [0.717, 1.165) is 0 Å². The Morgan fingerprint density at radius 2 is 2.36 bits per heavy atom. The van der Waals surface area contributed by atoms with Gasteiger partial charge in [-0.05, 0) is 19.1 Å². The molecule has 0 saturated heterocycles. The molecule has 60 valence electrons. The fourth-order valence-electron chi connectivity index (χ4n) is 0.921. The Morgan fingerprint density at radius 3 is 2.73 bits per heavy atom. The van der Waals surface area contributed by atoms with Crippen molar-refractivity contribution in [1.82, 2.24) is 4.57 Å². The van der Waals surface area contributed by atoms with E-state index in [1.165, 1.54) is 0 Å². The summed E-state index contributed by atoms with van der Waals surface area (Å²) >= 11 is 5.63. The van der Waals surface area contributed by atoms with Gasteiger partial charge in [-0.2, -0.15) is 0 Å². The van der Waals surface area contributed by atoms with Crippen LogP contribution in [0.5, 0.6) is 0 Å². The van der Waals surface area contributed by atoms with E-state index in [9.17, 15) is 4.79 Å². The molecule has 1 heterocycles. The van der Waals surface area contributed by atoms with E-state index in [1.54, 1.807) is 17.6 Å². The highest BCUT2D eigenvalue weighted by molar-refractivity contribution is 6.33. The van der Waals surface area contributed by atoms with Gasteiger partial charge in [-0.1, -0.05) is 0 Å². The van der Waals surface area contributed by atoms with Crippen molar-refractivity contribution in [2.45, 2.75) is 12.3 Å². The number of nitrogens with zero attached hydrogens (tertiary/aromatic N) is 1. The van der Waals surface area contributed by atoms with Crippen molar-refractivity contribution in [2.24, 2.45) is 7.05 Å². The lowest BCUT2D eigenvalue weighted by Crippen LogP contribution is -2.13. The molecule has 0 aliphatic carbocycles. The van der Waals surface area contributed by atoms with Crippen LogP contribution in [0.25, 0.3) is 0 Å². The van der Waals surface area contributed by atoms with E-state index in [0.29, 0.717) is 5.69 Å². The number of carbonyl (C=O) groups is 1. The summed E-state index contributed by atoms with van der Waals surface area (Å²) in [7, 11) is 1.83. The predicted molar refractivity (Wildman–Crippen MR) is 45.1 cm³/mol. The molecule has 1 rings (SSSR count). The van der Waals surface area contributed by atoms with Crippen molar-refractivity contribution in [3.63, 3.8) is 0 Å². The molecule has 0 N–H and O–H groups in total. The minimum atomic E-state index is -0.441. The highest BCUT2D eigenvalue weighted by atomic mass is 35.5. The first-order chi connectivity index (χ1) is 5.13. The van der Waals surface area contributed by atoms with Crippen molar-refractivity contribution >= 4 is 17.4 Å². The predicted octanol–water partition coefficient (Wildman–Crippen LogP) is 1.84. The summed E-state index contributed by atoms with van der Waals surface area (Å²) in [6, 6.07) is 3.59. The normalized spacial score (nSPS) is 13.0. The molecule has 0 aliphatic heterocycles. The van der Waals surface area contributed by atoms with Gasteiger partial charge in [0.2, 0.25) is 0 Å². The van der Waals surface area contributed by atoms with Crippen molar-refractivity contribution in [1.29, 1.82) is 0 Å². The summed E-state index contributed by atoms with van der Waals surface area (Å²) in [5.41, 5.74) is 0.660. The van der Waals surface area contributed by atoms with Crippen LogP contribution in [-0.2, 0) is 7.05 Å². The second-order valence-electron chi connectivity index (χ2n) is 2.48. The Labute approximate surface area is 70.8 Å². The first kappa shape index (κ1) is 8.34. The van der Waals surface area contributed by atoms with E-state index < -0.39 is 5.38 Å². The van der Waals surface area contributed by atoms with Crippen LogP contribution in [0.2, 0.25) is 0 Å². The second-order valence-corrected chi connectivity index (χ2v) is 3.14. The van der Waals surface area contributed by atoms with Crippen LogP contribution in [-0.4, -0.2) is 15.7 Å². The van der Waals surface area contributed by atoms with Gasteiger partial charge >= 0.3 is 0 Å². The zero-order valence-corrected chi connectivity index (χ0v) is 7.30. The number of rotatable bonds is 2. The molecule has 0 amide bonds. The number of carbonyl (C=O) groups excluding carboxylic acids is 1. The van der Waals surface area contributed by atoms with Gasteiger partial charge in [0, 0.05) is 13.2 Å². The van der Waals surface area contributed by atoms with E-state index in [1.807, 2.05) is 19.3 Å². The number of aromatic nitrogens is 1. The van der Waals surface area contributed by atoms with Crippen molar-refractivity contribution in [2.75, 3.05) is 0 Å². The summed E-state index contributed by atoms with van der Waals surface area (Å²) < 4.78 is 1.77. The van der Waals surface area contributed by atoms with Crippen LogP contribution >= 0.6 is 11.6 Å². The minimum Gasteiger partial charge on any atom is -0.348 e. The smallest absolute Gasteiger partial charge is 0.196 e. The number of ketones is 1. The van der Waals surface area contributed by atoms with Crippen LogP contribution in [0.1, 0.15) is 17.4 Å². The number of halogens is 1. The maximum atomic E-state index is 11.3. The maximum Gasteiger partial charge on any atom is 0.196 e. The third-order valence-corrected chi connectivity index (χ3v) is 1.76. The third kappa shape index (κ3) is 1.63. The lowest BCUT2D eigenvalue weighted by Gasteiger charge is -2.02. The zero-order chi connectivity index (χ0) is 8.43. The number of hydrogen-bond donors (Lipinski definition) is 0. The molecular formula is C8H10ClNO. The topological polar surface area (TPSA) is 22.0 Å². The molecule has 1 aromatic heterocycles. The van der Waals surface area contributed by atoms with E-state index in [-0.39, 0.29) is 5.78 Å². The number of alkyl halides is 1. The fourth-order valence-corrected chi connectivity index (χ4v) is 1.03. The summed E-state index contributed by atoms with van der Waals surface area (Å²) in [5.74, 6) is -0.0285. The molecule has 0 spiro atoms. The van der Waals surface area contributed by atoms with Crippen LogP contribution in [0.3, 0.4) is 0 Å². The maximum absolute atomic E-state index is 11.3. The van der Waals surface area contributed by atoms with E-state index in [4.69, 9.17) is 11.6 Å². The van der Waals surface area contributed by atoms with Crippen LogP contribution in [0, 0.1) is 0 Å². The molecule has 11 heavy (non-hydrogen) atoms. The van der Waals surface area contributed by atoms with Gasteiger partial charge in [-0.25, -0.2) is 0 Å². The molecule has 0 aromatic carbocycles. The van der Waals surface area contributed by atoms with Crippen LogP contribution in [0.15, 0.2) is 18.3 Å². The summed E-state index contributed by atoms with van der Waals surface area (Å²) in [6.07, 6.45) is 1.83. The molecule has 0 radical (unpaired) electrons. The van der Waals surface area contributed by atoms with Gasteiger partial charge in [0.15, 0.2) is 5.78 Å². The molecular weight excluding hydrogens is 162 g/mol. The average Bonchev–Trinajstić information content (AvgIpc) is 2.33. The Morgan fingerprint density at radius 1 is 1.73 bits per heavy atom. The van der Waals surface area contributed by atoms with Gasteiger partial charge in [0.05, 0.1) is 11.1 Å². The quantitative estimate of drug-likeness (QED) is 0.492. The number of hydrogen-bond acceptors (Lipinski definition) is 1. The standard InChI is InChI=1S/C8H10ClNO/c1-6(9)8(11)7-4-3-5-10(7)2/h3-6H,1-2H3/t6-/m0/s1. The Bertz CT molecular complexity index is 265. The number of Topliss-reactive ketones (excluding diaryl/α,β-unsaturated/α-hetero) is 1. The molecule has 0 saturated carbocycles. The van der Waals surface area contributed by atoms with Crippen molar-refractivity contribution in [3.8, 4) is 0 Å². The van der Waals surface area contributed by atoms with E-state index in [2.05, 4.69) is 0 Å². The SMILES string of the molecule is C[C@H](Cl)C(=O)c1cccn1C. The first-order valence-corrected chi connectivity index (χ1v) is 3.86. The Balaban J connectivity index is 2.93. The molecule has 0 unspecified atom stereocenters. The molecule has 1 atom stereocenters. The summed E-state index contributed by atoms with van der Waals surface area (Å²) in [5, 5.41) is -0.441. The van der Waals surface area contributed by atoms with Gasteiger partial charge in [0.1, 0.15) is 0 Å². The zero-order valence-electron chi connectivity index (χ0n) is 6.54. The lowest BCUT2D eigenvalue weighted by molar-refractivity contribution is 0.0984. The molecule has 1 aromatic rings. The second kappa shape index (κ2) is 3.09. The third-order valence-electron chi connectivity index (χ3n) is 1.56. The number of aryl methyl sites for hydroxylation is 1. The molecule has 3 heteroatoms. The van der Waals surface area contributed by atoms with Crippen molar-refractivity contribution in [3.05, 3.63) is 24.0 Å². The molecule has 0 fully saturated rings. The highest BCUT2D eigenvalue weighted by Gasteiger charge is 2.13.